The van der Waals surface area contributed by atoms with Gasteiger partial charge in [-0.05, 0) is 67.6 Å². The zero-order valence-electron chi connectivity index (χ0n) is 16.6. The zero-order valence-corrected chi connectivity index (χ0v) is 16.6. The van der Waals surface area contributed by atoms with Crippen molar-refractivity contribution in [1.82, 2.24) is 9.97 Å². The summed E-state index contributed by atoms with van der Waals surface area (Å²) in [5.41, 5.74) is 2.47. The van der Waals surface area contributed by atoms with E-state index in [9.17, 15) is 0 Å². The van der Waals surface area contributed by atoms with E-state index in [0.717, 1.165) is 23.8 Å². The molecule has 2 aromatic rings. The SMILES string of the molecule is CCCOc1cnc(C#Cc2ccc([C@H]3CC[C@H](CCC)CC3)cc2)nc1. The standard InChI is InChI=1S/C24H30N2O/c1-3-5-19-6-11-21(12-7-19)22-13-8-20(9-14-22)10-15-24-25-17-23(18-26-24)27-16-4-2/h8-9,13-14,17-19,21H,3-7,11-12,16H2,1-2H3/t19-,21-. The Hall–Kier alpha value is -2.34. The number of rotatable bonds is 6. The van der Waals surface area contributed by atoms with Crippen LogP contribution in [0.5, 0.6) is 5.75 Å². The Morgan fingerprint density at radius 3 is 2.26 bits per heavy atom. The molecule has 1 aliphatic rings. The van der Waals surface area contributed by atoms with E-state index in [1.807, 2.05) is 0 Å². The Morgan fingerprint density at radius 1 is 0.926 bits per heavy atom. The van der Waals surface area contributed by atoms with Crippen LogP contribution in [0.3, 0.4) is 0 Å². The van der Waals surface area contributed by atoms with Gasteiger partial charge < -0.3 is 4.74 Å². The first-order chi connectivity index (χ1) is 13.3. The summed E-state index contributed by atoms with van der Waals surface area (Å²) in [6.45, 7) is 5.05. The van der Waals surface area contributed by atoms with Gasteiger partial charge in [-0.3, -0.25) is 0 Å². The van der Waals surface area contributed by atoms with E-state index >= 15 is 0 Å². The van der Waals surface area contributed by atoms with Gasteiger partial charge in [-0.1, -0.05) is 44.7 Å². The summed E-state index contributed by atoms with van der Waals surface area (Å²) in [5.74, 6) is 9.09. The number of benzene rings is 1. The van der Waals surface area contributed by atoms with Gasteiger partial charge in [0.05, 0.1) is 19.0 Å². The number of hydrogen-bond donors (Lipinski definition) is 0. The van der Waals surface area contributed by atoms with Crippen LogP contribution < -0.4 is 4.74 Å². The van der Waals surface area contributed by atoms with Crippen LogP contribution in [0.4, 0.5) is 0 Å². The molecule has 1 aromatic carbocycles. The Labute approximate surface area is 163 Å². The Bertz CT molecular complexity index is 748. The monoisotopic (exact) mass is 362 g/mol. The summed E-state index contributed by atoms with van der Waals surface area (Å²) >= 11 is 0. The highest BCUT2D eigenvalue weighted by molar-refractivity contribution is 5.40. The molecule has 3 rings (SSSR count). The van der Waals surface area contributed by atoms with Crippen LogP contribution >= 0.6 is 0 Å². The molecule has 1 aliphatic carbocycles. The maximum atomic E-state index is 5.49. The molecule has 0 atom stereocenters. The van der Waals surface area contributed by atoms with Gasteiger partial charge in [0, 0.05) is 5.56 Å². The smallest absolute Gasteiger partial charge is 0.205 e. The summed E-state index contributed by atoms with van der Waals surface area (Å²) < 4.78 is 5.49. The highest BCUT2D eigenvalue weighted by atomic mass is 16.5. The topological polar surface area (TPSA) is 35.0 Å². The van der Waals surface area contributed by atoms with Gasteiger partial charge in [-0.25, -0.2) is 9.97 Å². The fraction of sp³-hybridized carbons (Fsp3) is 0.500. The predicted octanol–water partition coefficient (Wildman–Crippen LogP) is 5.74. The molecule has 27 heavy (non-hydrogen) atoms. The van der Waals surface area contributed by atoms with Gasteiger partial charge in [0.25, 0.3) is 0 Å². The predicted molar refractivity (Wildman–Crippen MR) is 110 cm³/mol. The third kappa shape index (κ3) is 5.82. The van der Waals surface area contributed by atoms with E-state index in [1.165, 1.54) is 44.1 Å². The molecule has 0 bridgehead atoms. The molecule has 1 heterocycles. The third-order valence-corrected chi connectivity index (χ3v) is 5.35. The number of nitrogens with zero attached hydrogens (tertiary/aromatic N) is 2. The van der Waals surface area contributed by atoms with E-state index in [-0.39, 0.29) is 0 Å². The van der Waals surface area contributed by atoms with Crippen LogP contribution in [0.15, 0.2) is 36.7 Å². The summed E-state index contributed by atoms with van der Waals surface area (Å²) in [6, 6.07) is 8.74. The highest BCUT2D eigenvalue weighted by Crippen LogP contribution is 2.37. The molecule has 0 saturated heterocycles. The highest BCUT2D eigenvalue weighted by Gasteiger charge is 2.21. The van der Waals surface area contributed by atoms with Crippen molar-refractivity contribution in [3.05, 3.63) is 53.6 Å². The van der Waals surface area contributed by atoms with E-state index < -0.39 is 0 Å². The van der Waals surface area contributed by atoms with E-state index in [1.54, 1.807) is 12.4 Å². The Balaban J connectivity index is 1.56. The van der Waals surface area contributed by atoms with Gasteiger partial charge in [-0.15, -0.1) is 0 Å². The van der Waals surface area contributed by atoms with Crippen LogP contribution in [0.25, 0.3) is 0 Å². The van der Waals surface area contributed by atoms with Gasteiger partial charge in [0.2, 0.25) is 5.82 Å². The normalized spacial score (nSPS) is 19.2. The number of aromatic nitrogens is 2. The summed E-state index contributed by atoms with van der Waals surface area (Å²) in [5, 5.41) is 0. The van der Waals surface area contributed by atoms with Gasteiger partial charge in [-0.2, -0.15) is 0 Å². The second kappa shape index (κ2) is 10.1. The van der Waals surface area contributed by atoms with E-state index in [0.29, 0.717) is 18.2 Å². The minimum Gasteiger partial charge on any atom is -0.490 e. The lowest BCUT2D eigenvalue weighted by atomic mass is 9.77. The van der Waals surface area contributed by atoms with Crippen molar-refractivity contribution in [2.75, 3.05) is 6.61 Å². The fourth-order valence-electron chi connectivity index (χ4n) is 3.83. The van der Waals surface area contributed by atoms with Crippen molar-refractivity contribution in [3.63, 3.8) is 0 Å². The van der Waals surface area contributed by atoms with Crippen molar-refractivity contribution in [3.8, 4) is 17.6 Å². The van der Waals surface area contributed by atoms with E-state index in [2.05, 4.69) is 59.9 Å². The average molecular weight is 363 g/mol. The van der Waals surface area contributed by atoms with Crippen LogP contribution in [0, 0.1) is 17.8 Å². The van der Waals surface area contributed by atoms with Crippen LogP contribution in [-0.4, -0.2) is 16.6 Å². The van der Waals surface area contributed by atoms with Crippen LogP contribution in [0.1, 0.15) is 81.7 Å². The number of ether oxygens (including phenoxy) is 1. The molecule has 0 spiro atoms. The van der Waals surface area contributed by atoms with Gasteiger partial charge in [0.1, 0.15) is 0 Å². The van der Waals surface area contributed by atoms with Crippen molar-refractivity contribution in [2.24, 2.45) is 5.92 Å². The van der Waals surface area contributed by atoms with Crippen LogP contribution in [-0.2, 0) is 0 Å². The Kier molecular flexibility index (Phi) is 7.27. The fourth-order valence-corrected chi connectivity index (χ4v) is 3.83. The molecule has 1 fully saturated rings. The molecule has 0 N–H and O–H groups in total. The molecule has 3 heteroatoms. The lowest BCUT2D eigenvalue weighted by Gasteiger charge is -2.28. The minimum absolute atomic E-state index is 0.525. The summed E-state index contributed by atoms with van der Waals surface area (Å²) in [6.07, 6.45) is 12.5. The first kappa shape index (κ1) is 19.4. The maximum Gasteiger partial charge on any atom is 0.205 e. The Morgan fingerprint density at radius 2 is 1.63 bits per heavy atom. The summed E-state index contributed by atoms with van der Waals surface area (Å²) in [7, 11) is 0. The van der Waals surface area contributed by atoms with E-state index in [4.69, 9.17) is 4.74 Å². The molecule has 0 radical (unpaired) electrons. The molecular formula is C24H30N2O. The second-order valence-corrected chi connectivity index (χ2v) is 7.47. The minimum atomic E-state index is 0.525. The zero-order chi connectivity index (χ0) is 18.9. The molecule has 1 aromatic heterocycles. The molecule has 0 aliphatic heterocycles. The molecule has 0 amide bonds. The average Bonchev–Trinajstić information content (AvgIpc) is 2.73. The van der Waals surface area contributed by atoms with Gasteiger partial charge in [0.15, 0.2) is 5.75 Å². The molecule has 0 unspecified atom stereocenters. The van der Waals surface area contributed by atoms with Crippen LogP contribution in [0.2, 0.25) is 0 Å². The molecule has 3 nitrogen and oxygen atoms in total. The molecule has 1 saturated carbocycles. The number of hydrogen-bond acceptors (Lipinski definition) is 3. The van der Waals surface area contributed by atoms with Crippen molar-refractivity contribution in [2.45, 2.75) is 64.7 Å². The first-order valence-corrected chi connectivity index (χ1v) is 10.3. The lowest BCUT2D eigenvalue weighted by molar-refractivity contribution is 0.308. The second-order valence-electron chi connectivity index (χ2n) is 7.47. The third-order valence-electron chi connectivity index (χ3n) is 5.35. The molecular weight excluding hydrogens is 332 g/mol. The van der Waals surface area contributed by atoms with Crippen molar-refractivity contribution in [1.29, 1.82) is 0 Å². The van der Waals surface area contributed by atoms with Gasteiger partial charge >= 0.3 is 0 Å². The van der Waals surface area contributed by atoms with Crippen molar-refractivity contribution >= 4 is 0 Å². The summed E-state index contributed by atoms with van der Waals surface area (Å²) in [4.78, 5) is 8.50. The lowest BCUT2D eigenvalue weighted by Crippen LogP contribution is -2.13. The van der Waals surface area contributed by atoms with Crippen molar-refractivity contribution < 1.29 is 4.74 Å². The first-order valence-electron chi connectivity index (χ1n) is 10.3. The quantitative estimate of drug-likeness (QED) is 0.615. The molecule has 142 valence electrons. The largest absolute Gasteiger partial charge is 0.490 e. The maximum absolute atomic E-state index is 5.49.